The first-order valence-corrected chi connectivity index (χ1v) is 6.26. The van der Waals surface area contributed by atoms with Crippen LogP contribution in [0.5, 0.6) is 0 Å². The second kappa shape index (κ2) is 4.20. The third-order valence-corrected chi connectivity index (χ3v) is 3.89. The summed E-state index contributed by atoms with van der Waals surface area (Å²) < 4.78 is 2.15. The number of fused-ring (bicyclic) bond motifs is 1. The molecule has 2 N–H and O–H groups in total. The number of hydrogen-bond acceptors (Lipinski definition) is 5. The Balaban J connectivity index is 1.94. The summed E-state index contributed by atoms with van der Waals surface area (Å²) in [6.45, 7) is 0. The maximum Gasteiger partial charge on any atom is 0.165 e. The van der Waals surface area contributed by atoms with E-state index in [2.05, 4.69) is 38.5 Å². The summed E-state index contributed by atoms with van der Waals surface area (Å²) >= 11 is 0. The Bertz CT molecular complexity index is 561. The van der Waals surface area contributed by atoms with Crippen molar-refractivity contribution in [3.05, 3.63) is 12.7 Å². The van der Waals surface area contributed by atoms with E-state index >= 15 is 0 Å². The first kappa shape index (κ1) is 11.4. The van der Waals surface area contributed by atoms with E-state index in [1.807, 2.05) is 6.33 Å². The van der Waals surface area contributed by atoms with E-state index in [0.29, 0.717) is 23.4 Å². The fourth-order valence-corrected chi connectivity index (χ4v) is 2.79. The van der Waals surface area contributed by atoms with E-state index in [4.69, 9.17) is 5.73 Å². The molecule has 2 heterocycles. The third-order valence-electron chi connectivity index (χ3n) is 3.89. The minimum absolute atomic E-state index is 0.459. The number of nitrogen functional groups attached to an aromatic ring is 1. The number of hydrogen-bond donors (Lipinski definition) is 1. The molecule has 0 radical (unpaired) electrons. The zero-order valence-corrected chi connectivity index (χ0v) is 10.7. The summed E-state index contributed by atoms with van der Waals surface area (Å²) in [5.41, 5.74) is 7.38. The first-order chi connectivity index (χ1) is 8.66. The van der Waals surface area contributed by atoms with Gasteiger partial charge < -0.3 is 15.2 Å². The van der Waals surface area contributed by atoms with Crippen molar-refractivity contribution >= 4 is 17.0 Å². The molecule has 3 rings (SSSR count). The summed E-state index contributed by atoms with van der Waals surface area (Å²) in [5.74, 6) is 0.459. The Morgan fingerprint density at radius 3 is 2.83 bits per heavy atom. The van der Waals surface area contributed by atoms with Gasteiger partial charge >= 0.3 is 0 Å². The van der Waals surface area contributed by atoms with Crippen molar-refractivity contribution in [1.29, 1.82) is 0 Å². The van der Waals surface area contributed by atoms with Crippen molar-refractivity contribution in [2.75, 3.05) is 19.8 Å². The number of anilines is 1. The summed E-state index contributed by atoms with van der Waals surface area (Å²) in [6.07, 6.45) is 6.88. The van der Waals surface area contributed by atoms with Crippen LogP contribution >= 0.6 is 0 Å². The number of aromatic nitrogens is 4. The molecule has 1 aliphatic carbocycles. The maximum atomic E-state index is 5.81. The van der Waals surface area contributed by atoms with Gasteiger partial charge in [-0.3, -0.25) is 0 Å². The SMILES string of the molecule is CN(C)C1CCC(n2cnc3c(N)ncnc32)C1. The van der Waals surface area contributed by atoms with Crippen LogP contribution in [0.2, 0.25) is 0 Å². The van der Waals surface area contributed by atoms with Crippen molar-refractivity contribution in [3.8, 4) is 0 Å². The van der Waals surface area contributed by atoms with Gasteiger partial charge in [-0.2, -0.15) is 0 Å². The standard InChI is InChI=1S/C12H18N6/c1-17(2)8-3-4-9(5-8)18-7-16-10-11(13)14-6-15-12(10)18/h6-9H,3-5H2,1-2H3,(H2,13,14,15). The minimum atomic E-state index is 0.459. The van der Waals surface area contributed by atoms with Gasteiger partial charge in [0, 0.05) is 12.1 Å². The van der Waals surface area contributed by atoms with Gasteiger partial charge in [0.2, 0.25) is 0 Å². The van der Waals surface area contributed by atoms with Gasteiger partial charge in [-0.1, -0.05) is 0 Å². The van der Waals surface area contributed by atoms with Crippen LogP contribution in [0.25, 0.3) is 11.2 Å². The summed E-state index contributed by atoms with van der Waals surface area (Å²) in [7, 11) is 4.28. The zero-order chi connectivity index (χ0) is 12.7. The van der Waals surface area contributed by atoms with Crippen molar-refractivity contribution in [1.82, 2.24) is 24.4 Å². The smallest absolute Gasteiger partial charge is 0.165 e. The molecule has 0 aliphatic heterocycles. The molecule has 1 fully saturated rings. The Labute approximate surface area is 106 Å². The molecule has 1 saturated carbocycles. The quantitative estimate of drug-likeness (QED) is 0.858. The van der Waals surface area contributed by atoms with Crippen molar-refractivity contribution in [2.45, 2.75) is 31.3 Å². The van der Waals surface area contributed by atoms with Crippen LogP contribution in [0, 0.1) is 0 Å². The average molecular weight is 246 g/mol. The minimum Gasteiger partial charge on any atom is -0.382 e. The van der Waals surface area contributed by atoms with Crippen molar-refractivity contribution < 1.29 is 0 Å². The normalized spacial score (nSPS) is 24.2. The van der Waals surface area contributed by atoms with Crippen LogP contribution in [0.1, 0.15) is 25.3 Å². The second-order valence-electron chi connectivity index (χ2n) is 5.17. The van der Waals surface area contributed by atoms with Gasteiger partial charge in [-0.15, -0.1) is 0 Å². The Morgan fingerprint density at radius 2 is 2.11 bits per heavy atom. The highest BCUT2D eigenvalue weighted by Crippen LogP contribution is 2.34. The predicted molar refractivity (Wildman–Crippen MR) is 70.1 cm³/mol. The molecular weight excluding hydrogens is 228 g/mol. The molecular formula is C12H18N6. The molecule has 0 amide bonds. The fraction of sp³-hybridized carbons (Fsp3) is 0.583. The summed E-state index contributed by atoms with van der Waals surface area (Å²) in [5, 5.41) is 0. The van der Waals surface area contributed by atoms with Gasteiger partial charge in [0.25, 0.3) is 0 Å². The molecule has 6 nitrogen and oxygen atoms in total. The van der Waals surface area contributed by atoms with Crippen molar-refractivity contribution in [2.24, 2.45) is 0 Å². The Hall–Kier alpha value is -1.69. The van der Waals surface area contributed by atoms with Gasteiger partial charge in [-0.05, 0) is 33.4 Å². The molecule has 1 aliphatic rings. The van der Waals surface area contributed by atoms with Crippen LogP contribution in [0.15, 0.2) is 12.7 Å². The molecule has 96 valence electrons. The molecule has 2 aromatic rings. The molecule has 6 heteroatoms. The third kappa shape index (κ3) is 1.73. The van der Waals surface area contributed by atoms with E-state index < -0.39 is 0 Å². The average Bonchev–Trinajstić information content (AvgIpc) is 2.94. The molecule has 2 aromatic heterocycles. The fourth-order valence-electron chi connectivity index (χ4n) is 2.79. The Kier molecular flexibility index (Phi) is 2.66. The lowest BCUT2D eigenvalue weighted by Gasteiger charge is -2.19. The number of rotatable bonds is 2. The van der Waals surface area contributed by atoms with Crippen LogP contribution in [-0.4, -0.2) is 44.6 Å². The van der Waals surface area contributed by atoms with E-state index in [-0.39, 0.29) is 0 Å². The van der Waals surface area contributed by atoms with Crippen LogP contribution in [0.4, 0.5) is 5.82 Å². The predicted octanol–water partition coefficient (Wildman–Crippen LogP) is 1.06. The zero-order valence-electron chi connectivity index (χ0n) is 10.7. The molecule has 0 bridgehead atoms. The van der Waals surface area contributed by atoms with Gasteiger partial charge in [0.15, 0.2) is 11.5 Å². The highest BCUT2D eigenvalue weighted by atomic mass is 15.2. The molecule has 2 unspecified atom stereocenters. The lowest BCUT2D eigenvalue weighted by Crippen LogP contribution is -2.25. The molecule has 0 aromatic carbocycles. The second-order valence-corrected chi connectivity index (χ2v) is 5.17. The number of nitrogens with zero attached hydrogens (tertiary/aromatic N) is 5. The molecule has 2 atom stereocenters. The largest absolute Gasteiger partial charge is 0.382 e. The number of nitrogens with two attached hydrogens (primary N) is 1. The van der Waals surface area contributed by atoms with Crippen LogP contribution in [0.3, 0.4) is 0 Å². The van der Waals surface area contributed by atoms with E-state index in [1.165, 1.54) is 12.7 Å². The summed E-state index contributed by atoms with van der Waals surface area (Å²) in [4.78, 5) is 14.9. The molecule has 18 heavy (non-hydrogen) atoms. The number of imidazole rings is 1. The topological polar surface area (TPSA) is 72.9 Å². The van der Waals surface area contributed by atoms with Crippen LogP contribution < -0.4 is 5.73 Å². The highest BCUT2D eigenvalue weighted by molar-refractivity contribution is 5.81. The van der Waals surface area contributed by atoms with E-state index in [9.17, 15) is 0 Å². The Morgan fingerprint density at radius 1 is 1.28 bits per heavy atom. The van der Waals surface area contributed by atoms with E-state index in [1.54, 1.807) is 0 Å². The summed E-state index contributed by atoms with van der Waals surface area (Å²) in [6, 6.07) is 1.11. The van der Waals surface area contributed by atoms with Crippen molar-refractivity contribution in [3.63, 3.8) is 0 Å². The van der Waals surface area contributed by atoms with Crippen LogP contribution in [-0.2, 0) is 0 Å². The monoisotopic (exact) mass is 246 g/mol. The highest BCUT2D eigenvalue weighted by Gasteiger charge is 2.28. The lowest BCUT2D eigenvalue weighted by molar-refractivity contribution is 0.291. The molecule has 0 spiro atoms. The van der Waals surface area contributed by atoms with Gasteiger partial charge in [-0.25, -0.2) is 15.0 Å². The lowest BCUT2D eigenvalue weighted by atomic mass is 10.2. The van der Waals surface area contributed by atoms with E-state index in [0.717, 1.165) is 18.5 Å². The first-order valence-electron chi connectivity index (χ1n) is 6.26. The van der Waals surface area contributed by atoms with Gasteiger partial charge in [0.1, 0.15) is 11.8 Å². The van der Waals surface area contributed by atoms with Gasteiger partial charge in [0.05, 0.1) is 6.33 Å². The molecule has 0 saturated heterocycles. The maximum absolute atomic E-state index is 5.81.